The molecule has 0 aliphatic heterocycles. The van der Waals surface area contributed by atoms with Crippen molar-refractivity contribution >= 4 is 11.6 Å². The van der Waals surface area contributed by atoms with E-state index in [-0.39, 0.29) is 34.2 Å². The zero-order valence-corrected chi connectivity index (χ0v) is 14.9. The van der Waals surface area contributed by atoms with Crippen molar-refractivity contribution in [1.29, 1.82) is 0 Å². The van der Waals surface area contributed by atoms with Crippen molar-refractivity contribution in [3.05, 3.63) is 23.3 Å². The van der Waals surface area contributed by atoms with Crippen molar-refractivity contribution in [3.8, 4) is 11.5 Å². The SMILES string of the molecule is CCCCCCC(=O)c1cc(C(=O)CCCCCC)c(O)cc1O. The van der Waals surface area contributed by atoms with Crippen molar-refractivity contribution < 1.29 is 19.8 Å². The molecule has 134 valence electrons. The van der Waals surface area contributed by atoms with Gasteiger partial charge in [0, 0.05) is 18.9 Å². The minimum absolute atomic E-state index is 0.140. The van der Waals surface area contributed by atoms with Crippen LogP contribution in [0.1, 0.15) is 98.8 Å². The predicted octanol–water partition coefficient (Wildman–Crippen LogP) is 5.40. The van der Waals surface area contributed by atoms with Gasteiger partial charge in [-0.15, -0.1) is 0 Å². The predicted molar refractivity (Wildman–Crippen MR) is 96.0 cm³/mol. The Bertz CT molecular complexity index is 504. The zero-order valence-electron chi connectivity index (χ0n) is 14.9. The summed E-state index contributed by atoms with van der Waals surface area (Å²) >= 11 is 0. The van der Waals surface area contributed by atoms with Gasteiger partial charge in [0.25, 0.3) is 0 Å². The fourth-order valence-electron chi connectivity index (χ4n) is 2.72. The summed E-state index contributed by atoms with van der Waals surface area (Å²) in [6.45, 7) is 4.21. The minimum Gasteiger partial charge on any atom is -0.507 e. The van der Waals surface area contributed by atoms with Crippen molar-refractivity contribution in [2.45, 2.75) is 78.1 Å². The Kier molecular flexibility index (Phi) is 9.13. The van der Waals surface area contributed by atoms with E-state index < -0.39 is 0 Å². The average molecular weight is 334 g/mol. The first-order valence-corrected chi connectivity index (χ1v) is 9.13. The largest absolute Gasteiger partial charge is 0.507 e. The van der Waals surface area contributed by atoms with Crippen LogP contribution in [-0.2, 0) is 0 Å². The second-order valence-corrected chi connectivity index (χ2v) is 6.35. The van der Waals surface area contributed by atoms with E-state index in [2.05, 4.69) is 13.8 Å². The lowest BCUT2D eigenvalue weighted by atomic mass is 9.97. The van der Waals surface area contributed by atoms with Crippen LogP contribution >= 0.6 is 0 Å². The number of rotatable bonds is 12. The monoisotopic (exact) mass is 334 g/mol. The van der Waals surface area contributed by atoms with E-state index in [0.29, 0.717) is 12.8 Å². The van der Waals surface area contributed by atoms with E-state index in [0.717, 1.165) is 57.4 Å². The summed E-state index contributed by atoms with van der Waals surface area (Å²) in [4.78, 5) is 24.5. The van der Waals surface area contributed by atoms with Gasteiger partial charge in [0.2, 0.25) is 0 Å². The maximum atomic E-state index is 12.3. The molecule has 0 saturated carbocycles. The number of carbonyl (C=O) groups excluding carboxylic acids is 2. The highest BCUT2D eigenvalue weighted by molar-refractivity contribution is 6.04. The van der Waals surface area contributed by atoms with Gasteiger partial charge in [-0.1, -0.05) is 52.4 Å². The van der Waals surface area contributed by atoms with Crippen molar-refractivity contribution in [1.82, 2.24) is 0 Å². The lowest BCUT2D eigenvalue weighted by Crippen LogP contribution is -2.05. The molecule has 4 heteroatoms. The highest BCUT2D eigenvalue weighted by Crippen LogP contribution is 2.30. The Balaban J connectivity index is 2.76. The number of aromatic hydroxyl groups is 2. The topological polar surface area (TPSA) is 74.6 Å². The Hall–Kier alpha value is -1.84. The third-order valence-electron chi connectivity index (χ3n) is 4.23. The molecule has 0 atom stereocenters. The molecule has 1 aromatic carbocycles. The van der Waals surface area contributed by atoms with E-state index >= 15 is 0 Å². The van der Waals surface area contributed by atoms with E-state index in [9.17, 15) is 19.8 Å². The maximum absolute atomic E-state index is 12.3. The smallest absolute Gasteiger partial charge is 0.166 e. The summed E-state index contributed by atoms with van der Waals surface area (Å²) in [5.74, 6) is -0.863. The Morgan fingerprint density at radius 2 is 1.12 bits per heavy atom. The Morgan fingerprint density at radius 1 is 0.708 bits per heavy atom. The van der Waals surface area contributed by atoms with E-state index in [4.69, 9.17) is 0 Å². The van der Waals surface area contributed by atoms with Gasteiger partial charge in [0.15, 0.2) is 11.6 Å². The molecule has 4 nitrogen and oxygen atoms in total. The summed E-state index contributed by atoms with van der Waals surface area (Å²) in [6.07, 6.45) is 8.54. The number of Topliss-reactive ketones (excluding diaryl/α,β-unsaturated/α-hetero) is 2. The summed E-state index contributed by atoms with van der Waals surface area (Å²) in [5.41, 5.74) is 0.280. The normalized spacial score (nSPS) is 10.8. The fourth-order valence-corrected chi connectivity index (χ4v) is 2.72. The number of hydrogen-bond acceptors (Lipinski definition) is 4. The van der Waals surface area contributed by atoms with Crippen LogP contribution in [0.25, 0.3) is 0 Å². The summed E-state index contributed by atoms with van der Waals surface area (Å²) in [6, 6.07) is 2.47. The first kappa shape index (κ1) is 20.2. The number of unbranched alkanes of at least 4 members (excludes halogenated alkanes) is 6. The first-order chi connectivity index (χ1) is 11.5. The van der Waals surface area contributed by atoms with Gasteiger partial charge >= 0.3 is 0 Å². The quantitative estimate of drug-likeness (QED) is 0.396. The number of benzene rings is 1. The Morgan fingerprint density at radius 3 is 1.50 bits per heavy atom. The molecule has 0 fully saturated rings. The van der Waals surface area contributed by atoms with Crippen LogP contribution in [0, 0.1) is 0 Å². The van der Waals surface area contributed by atoms with E-state index in [1.54, 1.807) is 0 Å². The molecule has 1 rings (SSSR count). The Labute approximate surface area is 144 Å². The maximum Gasteiger partial charge on any atom is 0.166 e. The fraction of sp³-hybridized carbons (Fsp3) is 0.600. The lowest BCUT2D eigenvalue weighted by molar-refractivity contribution is 0.0976. The van der Waals surface area contributed by atoms with Gasteiger partial charge in [-0.25, -0.2) is 0 Å². The molecule has 0 aromatic heterocycles. The third kappa shape index (κ3) is 6.34. The third-order valence-corrected chi connectivity index (χ3v) is 4.23. The molecule has 0 heterocycles. The number of hydrogen-bond donors (Lipinski definition) is 2. The van der Waals surface area contributed by atoms with Gasteiger partial charge in [-0.05, 0) is 18.9 Å². The van der Waals surface area contributed by atoms with Crippen LogP contribution in [0.2, 0.25) is 0 Å². The van der Waals surface area contributed by atoms with Crippen molar-refractivity contribution in [2.24, 2.45) is 0 Å². The summed E-state index contributed by atoms with van der Waals surface area (Å²) in [7, 11) is 0. The number of ketones is 2. The number of carbonyl (C=O) groups is 2. The first-order valence-electron chi connectivity index (χ1n) is 9.13. The molecule has 0 radical (unpaired) electrons. The summed E-state index contributed by atoms with van der Waals surface area (Å²) < 4.78 is 0. The summed E-state index contributed by atoms with van der Waals surface area (Å²) in [5, 5.41) is 19.8. The molecule has 0 saturated heterocycles. The van der Waals surface area contributed by atoms with Crippen LogP contribution in [0.15, 0.2) is 12.1 Å². The number of phenolic OH excluding ortho intramolecular Hbond substituents is 2. The molecule has 0 spiro atoms. The van der Waals surface area contributed by atoms with Crippen molar-refractivity contribution in [2.75, 3.05) is 0 Å². The molecule has 0 unspecified atom stereocenters. The average Bonchev–Trinajstić information content (AvgIpc) is 2.55. The molecular weight excluding hydrogens is 304 g/mol. The number of phenols is 2. The molecule has 2 N–H and O–H groups in total. The minimum atomic E-state index is -0.254. The van der Waals surface area contributed by atoms with Gasteiger partial charge in [0.1, 0.15) is 11.5 Å². The van der Waals surface area contributed by atoms with Crippen LogP contribution in [0.4, 0.5) is 0 Å². The van der Waals surface area contributed by atoms with Crippen LogP contribution in [0.3, 0.4) is 0 Å². The second kappa shape index (κ2) is 10.8. The van der Waals surface area contributed by atoms with Gasteiger partial charge in [0.05, 0.1) is 11.1 Å². The molecule has 0 aliphatic rings. The van der Waals surface area contributed by atoms with Gasteiger partial charge < -0.3 is 10.2 Å². The second-order valence-electron chi connectivity index (χ2n) is 6.35. The molecule has 0 bridgehead atoms. The molecular formula is C20H30O4. The van der Waals surface area contributed by atoms with E-state index in [1.807, 2.05) is 0 Å². The van der Waals surface area contributed by atoms with Gasteiger partial charge in [-0.2, -0.15) is 0 Å². The molecule has 0 amide bonds. The molecule has 24 heavy (non-hydrogen) atoms. The van der Waals surface area contributed by atoms with Crippen LogP contribution in [0.5, 0.6) is 11.5 Å². The van der Waals surface area contributed by atoms with Crippen LogP contribution < -0.4 is 0 Å². The lowest BCUT2D eigenvalue weighted by Gasteiger charge is -2.09. The highest BCUT2D eigenvalue weighted by atomic mass is 16.3. The molecule has 1 aromatic rings. The standard InChI is InChI=1S/C20H30O4/c1-3-5-7-9-11-17(21)15-13-16(20(24)14-19(15)23)18(22)12-10-8-6-4-2/h13-14,23-24H,3-12H2,1-2H3. The molecule has 0 aliphatic carbocycles. The highest BCUT2D eigenvalue weighted by Gasteiger charge is 2.18. The van der Waals surface area contributed by atoms with Crippen molar-refractivity contribution in [3.63, 3.8) is 0 Å². The van der Waals surface area contributed by atoms with Gasteiger partial charge in [-0.3, -0.25) is 9.59 Å². The van der Waals surface area contributed by atoms with Crippen LogP contribution in [-0.4, -0.2) is 21.8 Å². The zero-order chi connectivity index (χ0) is 17.9. The van der Waals surface area contributed by atoms with E-state index in [1.165, 1.54) is 6.07 Å².